The van der Waals surface area contributed by atoms with Gasteiger partial charge in [0.05, 0.1) is 13.2 Å². The molecule has 0 unspecified atom stereocenters. The summed E-state index contributed by atoms with van der Waals surface area (Å²) in [5.74, 6) is 0.363. The van der Waals surface area contributed by atoms with Crippen LogP contribution in [0.4, 0.5) is 5.82 Å². The van der Waals surface area contributed by atoms with Crippen LogP contribution >= 0.6 is 0 Å². The molecule has 7 nitrogen and oxygen atoms in total. The molecule has 0 radical (unpaired) electrons. The Bertz CT molecular complexity index is 887. The standard InChI is InChI=1S/C22H30N6O/c1-15(2)25-13-21(27-24)20-11-19(12-26-22(20)23)17-4-5-18(16(3)10-17)14-28-6-8-29-9-7-28/h4-5,10-13,15,24-25H,6-9,14H2,1-3H3,(H2,23,26)/b21-13-,27-24?. The fourth-order valence-electron chi connectivity index (χ4n) is 3.31. The molecule has 0 amide bonds. The number of ether oxygens (including phenoxy) is 1. The average molecular weight is 395 g/mol. The highest BCUT2D eigenvalue weighted by atomic mass is 16.5. The predicted molar refractivity (Wildman–Crippen MR) is 116 cm³/mol. The first-order valence-corrected chi connectivity index (χ1v) is 9.97. The van der Waals surface area contributed by atoms with Gasteiger partial charge in [0.1, 0.15) is 11.5 Å². The Morgan fingerprint density at radius 2 is 2.07 bits per heavy atom. The Morgan fingerprint density at radius 3 is 2.72 bits per heavy atom. The minimum atomic E-state index is 0.241. The predicted octanol–water partition coefficient (Wildman–Crippen LogP) is 3.80. The minimum absolute atomic E-state index is 0.241. The zero-order chi connectivity index (χ0) is 20.8. The fraction of sp³-hybridized carbons (Fsp3) is 0.409. The van der Waals surface area contributed by atoms with E-state index in [2.05, 4.69) is 45.4 Å². The van der Waals surface area contributed by atoms with Crippen molar-refractivity contribution in [2.24, 2.45) is 5.11 Å². The number of anilines is 1. The molecule has 0 aliphatic carbocycles. The Morgan fingerprint density at radius 1 is 1.31 bits per heavy atom. The van der Waals surface area contributed by atoms with Crippen molar-refractivity contribution in [3.8, 4) is 11.1 Å². The average Bonchev–Trinajstić information content (AvgIpc) is 2.72. The number of benzene rings is 1. The minimum Gasteiger partial charge on any atom is -0.387 e. The highest BCUT2D eigenvalue weighted by Crippen LogP contribution is 2.28. The summed E-state index contributed by atoms with van der Waals surface area (Å²) in [6.45, 7) is 10.7. The second-order valence-electron chi connectivity index (χ2n) is 7.65. The van der Waals surface area contributed by atoms with E-state index in [4.69, 9.17) is 16.0 Å². The molecule has 3 rings (SSSR count). The summed E-state index contributed by atoms with van der Waals surface area (Å²) in [5.41, 5.74) is 19.3. The molecule has 1 aliphatic rings. The van der Waals surface area contributed by atoms with Crippen LogP contribution in [-0.2, 0) is 11.3 Å². The van der Waals surface area contributed by atoms with Crippen molar-refractivity contribution in [1.82, 2.24) is 15.2 Å². The topological polar surface area (TPSA) is 99.6 Å². The number of aryl methyl sites for hydroxylation is 1. The number of nitrogen functional groups attached to an aromatic ring is 1. The van der Waals surface area contributed by atoms with Gasteiger partial charge < -0.3 is 15.8 Å². The van der Waals surface area contributed by atoms with Gasteiger partial charge in [0.2, 0.25) is 0 Å². The van der Waals surface area contributed by atoms with E-state index < -0.39 is 0 Å². The molecule has 7 heteroatoms. The van der Waals surface area contributed by atoms with Crippen LogP contribution in [-0.4, -0.2) is 42.2 Å². The molecule has 2 heterocycles. The lowest BCUT2D eigenvalue weighted by atomic mass is 9.99. The second-order valence-corrected chi connectivity index (χ2v) is 7.65. The van der Waals surface area contributed by atoms with Gasteiger partial charge in [-0.25, -0.2) is 10.5 Å². The molecule has 0 spiro atoms. The Hall–Kier alpha value is -2.77. The lowest BCUT2D eigenvalue weighted by molar-refractivity contribution is 0.0341. The summed E-state index contributed by atoms with van der Waals surface area (Å²) in [7, 11) is 0. The third-order valence-corrected chi connectivity index (χ3v) is 5.04. The molecule has 1 aliphatic heterocycles. The van der Waals surface area contributed by atoms with Crippen molar-refractivity contribution in [3.05, 3.63) is 53.4 Å². The maximum atomic E-state index is 7.52. The van der Waals surface area contributed by atoms with Gasteiger partial charge in [-0.2, -0.15) is 5.11 Å². The molecule has 1 saturated heterocycles. The molecule has 4 N–H and O–H groups in total. The van der Waals surface area contributed by atoms with Crippen molar-refractivity contribution in [2.45, 2.75) is 33.4 Å². The van der Waals surface area contributed by atoms with E-state index >= 15 is 0 Å². The molecular weight excluding hydrogens is 364 g/mol. The maximum absolute atomic E-state index is 7.52. The van der Waals surface area contributed by atoms with Crippen molar-refractivity contribution in [1.29, 1.82) is 5.53 Å². The van der Waals surface area contributed by atoms with Crippen molar-refractivity contribution < 1.29 is 4.74 Å². The van der Waals surface area contributed by atoms with E-state index in [1.54, 1.807) is 12.4 Å². The third kappa shape index (κ3) is 5.40. The first-order chi connectivity index (χ1) is 14.0. The van der Waals surface area contributed by atoms with E-state index in [0.29, 0.717) is 17.1 Å². The van der Waals surface area contributed by atoms with E-state index in [1.807, 2.05) is 19.9 Å². The molecule has 1 aromatic heterocycles. The second kappa shape index (κ2) is 9.62. The van der Waals surface area contributed by atoms with E-state index in [0.717, 1.165) is 44.0 Å². The van der Waals surface area contributed by atoms with Gasteiger partial charge in [-0.3, -0.25) is 4.90 Å². The number of hydrogen-bond acceptors (Lipinski definition) is 7. The van der Waals surface area contributed by atoms with Crippen molar-refractivity contribution >= 4 is 11.5 Å². The van der Waals surface area contributed by atoms with Gasteiger partial charge in [0, 0.05) is 49.2 Å². The van der Waals surface area contributed by atoms with Crippen LogP contribution in [0.5, 0.6) is 0 Å². The molecule has 1 aromatic carbocycles. The highest BCUT2D eigenvalue weighted by Gasteiger charge is 2.13. The number of nitrogens with zero attached hydrogens (tertiary/aromatic N) is 3. The molecule has 29 heavy (non-hydrogen) atoms. The first kappa shape index (κ1) is 21.0. The lowest BCUT2D eigenvalue weighted by Gasteiger charge is -2.27. The van der Waals surface area contributed by atoms with Gasteiger partial charge in [-0.05, 0) is 43.5 Å². The van der Waals surface area contributed by atoms with E-state index in [-0.39, 0.29) is 6.04 Å². The van der Waals surface area contributed by atoms with Crippen LogP contribution < -0.4 is 11.1 Å². The van der Waals surface area contributed by atoms with Crippen molar-refractivity contribution in [2.75, 3.05) is 32.0 Å². The zero-order valence-corrected chi connectivity index (χ0v) is 17.4. The molecule has 154 valence electrons. The van der Waals surface area contributed by atoms with Crippen LogP contribution in [0.1, 0.15) is 30.5 Å². The molecule has 2 aromatic rings. The number of morpholine rings is 1. The number of aromatic nitrogens is 1. The smallest absolute Gasteiger partial charge is 0.132 e. The van der Waals surface area contributed by atoms with Gasteiger partial charge in [0.15, 0.2) is 0 Å². The van der Waals surface area contributed by atoms with Crippen LogP contribution in [0, 0.1) is 12.5 Å². The quantitative estimate of drug-likeness (QED) is 0.620. The summed E-state index contributed by atoms with van der Waals surface area (Å²) in [6, 6.07) is 8.67. The summed E-state index contributed by atoms with van der Waals surface area (Å²) >= 11 is 0. The van der Waals surface area contributed by atoms with E-state index in [9.17, 15) is 0 Å². The Kier molecular flexibility index (Phi) is 6.95. The van der Waals surface area contributed by atoms with Gasteiger partial charge in [0.25, 0.3) is 0 Å². The zero-order valence-electron chi connectivity index (χ0n) is 17.4. The maximum Gasteiger partial charge on any atom is 0.132 e. The van der Waals surface area contributed by atoms with E-state index in [1.165, 1.54) is 11.1 Å². The van der Waals surface area contributed by atoms with Crippen LogP contribution in [0.15, 0.2) is 41.8 Å². The summed E-state index contributed by atoms with van der Waals surface area (Å²) in [6.07, 6.45) is 3.48. The Labute approximate surface area is 172 Å². The monoisotopic (exact) mass is 394 g/mol. The number of hydrogen-bond donors (Lipinski definition) is 3. The molecule has 1 fully saturated rings. The van der Waals surface area contributed by atoms with Crippen LogP contribution in [0.3, 0.4) is 0 Å². The molecular formula is C22H30N6O. The third-order valence-electron chi connectivity index (χ3n) is 5.04. The number of rotatable bonds is 7. The molecule has 0 bridgehead atoms. The highest BCUT2D eigenvalue weighted by molar-refractivity contribution is 5.77. The number of nitrogens with one attached hydrogen (secondary N) is 2. The lowest BCUT2D eigenvalue weighted by Crippen LogP contribution is -2.35. The summed E-state index contributed by atoms with van der Waals surface area (Å²) in [4.78, 5) is 6.76. The summed E-state index contributed by atoms with van der Waals surface area (Å²) < 4.78 is 5.44. The van der Waals surface area contributed by atoms with Gasteiger partial charge >= 0.3 is 0 Å². The van der Waals surface area contributed by atoms with Gasteiger partial charge in [-0.15, -0.1) is 0 Å². The number of nitrogens with two attached hydrogens (primary N) is 1. The number of pyridine rings is 1. The van der Waals surface area contributed by atoms with Crippen LogP contribution in [0.25, 0.3) is 16.8 Å². The van der Waals surface area contributed by atoms with Crippen LogP contribution in [0.2, 0.25) is 0 Å². The Balaban J connectivity index is 1.85. The first-order valence-electron chi connectivity index (χ1n) is 9.97. The largest absolute Gasteiger partial charge is 0.387 e. The molecule has 0 saturated carbocycles. The SMILES string of the molecule is Cc1cc(-c2cnc(N)c(/C(=C/NC(C)C)N=N)c2)ccc1CN1CCOCC1. The summed E-state index contributed by atoms with van der Waals surface area (Å²) in [5, 5.41) is 6.80. The van der Waals surface area contributed by atoms with Gasteiger partial charge in [-0.1, -0.05) is 18.2 Å². The molecule has 0 atom stereocenters. The fourth-order valence-corrected chi connectivity index (χ4v) is 3.31. The van der Waals surface area contributed by atoms with Crippen molar-refractivity contribution in [3.63, 3.8) is 0 Å². The normalized spacial score (nSPS) is 15.5.